The molecule has 0 amide bonds. The number of para-hydroxylation sites is 2. The van der Waals surface area contributed by atoms with Gasteiger partial charge in [0.15, 0.2) is 0 Å². The van der Waals surface area contributed by atoms with Gasteiger partial charge in [-0.3, -0.25) is 4.90 Å². The van der Waals surface area contributed by atoms with Crippen LogP contribution in [0.25, 0.3) is 11.0 Å². The molecule has 0 aliphatic carbocycles. The van der Waals surface area contributed by atoms with Crippen LogP contribution in [0.2, 0.25) is 0 Å². The van der Waals surface area contributed by atoms with Crippen molar-refractivity contribution in [3.8, 4) is 0 Å². The van der Waals surface area contributed by atoms with Gasteiger partial charge in [-0.15, -0.1) is 0 Å². The number of nitrogens with one attached hydrogen (secondary N) is 1. The molecule has 1 N–H and O–H groups in total. The second kappa shape index (κ2) is 4.73. The maximum absolute atomic E-state index is 4.66. The van der Waals surface area contributed by atoms with Crippen LogP contribution in [-0.2, 0) is 6.54 Å². The van der Waals surface area contributed by atoms with Crippen LogP contribution in [-0.4, -0.2) is 28.0 Å². The predicted molar refractivity (Wildman–Crippen MR) is 74.3 cm³/mol. The minimum atomic E-state index is 0.804. The first-order valence-corrected chi connectivity index (χ1v) is 6.86. The van der Waals surface area contributed by atoms with Gasteiger partial charge in [0, 0.05) is 13.1 Å². The van der Waals surface area contributed by atoms with Gasteiger partial charge in [0.05, 0.1) is 17.6 Å². The third kappa shape index (κ3) is 2.41. The summed E-state index contributed by atoms with van der Waals surface area (Å²) in [6, 6.07) is 8.25. The minimum absolute atomic E-state index is 0.804. The lowest BCUT2D eigenvalue weighted by Crippen LogP contribution is -2.38. The molecule has 2 unspecified atom stereocenters. The number of nitrogens with zero attached hydrogens (tertiary/aromatic N) is 2. The fourth-order valence-electron chi connectivity index (χ4n) is 3.21. The summed E-state index contributed by atoms with van der Waals surface area (Å²) in [6.45, 7) is 8.04. The Labute approximate surface area is 108 Å². The Morgan fingerprint density at radius 1 is 1.22 bits per heavy atom. The van der Waals surface area contributed by atoms with Gasteiger partial charge in [-0.05, 0) is 30.4 Å². The van der Waals surface area contributed by atoms with Crippen molar-refractivity contribution in [1.82, 2.24) is 14.9 Å². The van der Waals surface area contributed by atoms with Gasteiger partial charge in [0.25, 0.3) is 0 Å². The Morgan fingerprint density at radius 3 is 2.67 bits per heavy atom. The molecule has 0 spiro atoms. The van der Waals surface area contributed by atoms with Crippen LogP contribution < -0.4 is 0 Å². The lowest BCUT2D eigenvalue weighted by atomic mass is 9.92. The van der Waals surface area contributed by atoms with Crippen LogP contribution in [0.1, 0.15) is 26.1 Å². The first-order chi connectivity index (χ1) is 8.70. The summed E-state index contributed by atoms with van der Waals surface area (Å²) in [7, 11) is 0. The smallest absolute Gasteiger partial charge is 0.121 e. The zero-order valence-electron chi connectivity index (χ0n) is 11.2. The first-order valence-electron chi connectivity index (χ1n) is 6.86. The zero-order valence-corrected chi connectivity index (χ0v) is 11.2. The quantitative estimate of drug-likeness (QED) is 0.879. The topological polar surface area (TPSA) is 31.9 Å². The van der Waals surface area contributed by atoms with Crippen molar-refractivity contribution in [3.05, 3.63) is 30.1 Å². The Morgan fingerprint density at radius 2 is 1.94 bits per heavy atom. The van der Waals surface area contributed by atoms with E-state index in [9.17, 15) is 0 Å². The van der Waals surface area contributed by atoms with E-state index in [0.29, 0.717) is 0 Å². The number of aromatic amines is 1. The van der Waals surface area contributed by atoms with Crippen LogP contribution >= 0.6 is 0 Å². The highest BCUT2D eigenvalue weighted by Gasteiger charge is 2.22. The zero-order chi connectivity index (χ0) is 12.5. The Hall–Kier alpha value is -1.35. The molecule has 1 aromatic heterocycles. The molecule has 3 nitrogen and oxygen atoms in total. The van der Waals surface area contributed by atoms with Gasteiger partial charge < -0.3 is 4.98 Å². The van der Waals surface area contributed by atoms with Crippen molar-refractivity contribution >= 4 is 11.0 Å². The van der Waals surface area contributed by atoms with Crippen LogP contribution in [0.3, 0.4) is 0 Å². The summed E-state index contributed by atoms with van der Waals surface area (Å²) in [5, 5.41) is 0. The number of likely N-dealkylation sites (tertiary alicyclic amines) is 1. The molecule has 3 rings (SSSR count). The van der Waals surface area contributed by atoms with Crippen molar-refractivity contribution < 1.29 is 0 Å². The molecule has 0 saturated carbocycles. The van der Waals surface area contributed by atoms with Crippen molar-refractivity contribution in [3.63, 3.8) is 0 Å². The van der Waals surface area contributed by atoms with Crippen molar-refractivity contribution in [2.45, 2.75) is 26.8 Å². The van der Waals surface area contributed by atoms with Crippen LogP contribution in [0.15, 0.2) is 24.3 Å². The maximum Gasteiger partial charge on any atom is 0.121 e. The van der Waals surface area contributed by atoms with E-state index in [1.807, 2.05) is 6.07 Å². The Bertz CT molecular complexity index is 488. The van der Waals surface area contributed by atoms with Gasteiger partial charge >= 0.3 is 0 Å². The summed E-state index contributed by atoms with van der Waals surface area (Å²) in [5.41, 5.74) is 2.22. The summed E-state index contributed by atoms with van der Waals surface area (Å²) >= 11 is 0. The predicted octanol–water partition coefficient (Wildman–Crippen LogP) is 3.04. The molecule has 0 bridgehead atoms. The highest BCUT2D eigenvalue weighted by Crippen LogP contribution is 2.22. The van der Waals surface area contributed by atoms with E-state index < -0.39 is 0 Å². The van der Waals surface area contributed by atoms with E-state index in [2.05, 4.69) is 46.9 Å². The molecule has 96 valence electrons. The average Bonchev–Trinajstić information content (AvgIpc) is 2.69. The minimum Gasteiger partial charge on any atom is -0.341 e. The summed E-state index contributed by atoms with van der Waals surface area (Å²) in [5.74, 6) is 2.70. The SMILES string of the molecule is CC1CC(C)CN(Cc2nc3ccccc3[nH]2)C1. The molecule has 1 aliphatic rings. The fraction of sp³-hybridized carbons (Fsp3) is 0.533. The number of hydrogen-bond donors (Lipinski definition) is 1. The number of imidazole rings is 1. The maximum atomic E-state index is 4.66. The van der Waals surface area contributed by atoms with Gasteiger partial charge in [-0.2, -0.15) is 0 Å². The van der Waals surface area contributed by atoms with Crippen molar-refractivity contribution in [2.75, 3.05) is 13.1 Å². The number of hydrogen-bond acceptors (Lipinski definition) is 2. The molecular weight excluding hydrogens is 222 g/mol. The normalized spacial score (nSPS) is 25.7. The van der Waals surface area contributed by atoms with E-state index in [1.165, 1.54) is 19.5 Å². The van der Waals surface area contributed by atoms with Crippen molar-refractivity contribution in [2.24, 2.45) is 11.8 Å². The number of benzene rings is 1. The standard InChI is InChI=1S/C15H21N3/c1-11-7-12(2)9-18(8-11)10-15-16-13-5-3-4-6-14(13)17-15/h3-6,11-12H,7-10H2,1-2H3,(H,16,17). The van der Waals surface area contributed by atoms with E-state index in [0.717, 1.165) is 35.2 Å². The number of fused-ring (bicyclic) bond motifs is 1. The number of rotatable bonds is 2. The molecule has 1 saturated heterocycles. The lowest BCUT2D eigenvalue weighted by molar-refractivity contribution is 0.132. The van der Waals surface area contributed by atoms with Crippen LogP contribution in [0.4, 0.5) is 0 Å². The largest absolute Gasteiger partial charge is 0.341 e. The molecule has 2 aromatic rings. The second-order valence-corrected chi connectivity index (χ2v) is 5.84. The highest BCUT2D eigenvalue weighted by molar-refractivity contribution is 5.74. The Balaban J connectivity index is 1.75. The Kier molecular flexibility index (Phi) is 3.08. The molecule has 1 aliphatic heterocycles. The van der Waals surface area contributed by atoms with E-state index >= 15 is 0 Å². The van der Waals surface area contributed by atoms with Gasteiger partial charge in [0.2, 0.25) is 0 Å². The molecule has 0 radical (unpaired) electrons. The van der Waals surface area contributed by atoms with E-state index in [-0.39, 0.29) is 0 Å². The summed E-state index contributed by atoms with van der Waals surface area (Å²) in [6.07, 6.45) is 1.36. The third-order valence-electron chi connectivity index (χ3n) is 3.76. The van der Waals surface area contributed by atoms with E-state index in [1.54, 1.807) is 0 Å². The lowest BCUT2D eigenvalue weighted by Gasteiger charge is -2.34. The van der Waals surface area contributed by atoms with Gasteiger partial charge in [0.1, 0.15) is 5.82 Å². The van der Waals surface area contributed by atoms with Crippen LogP contribution in [0, 0.1) is 11.8 Å². The molecule has 1 fully saturated rings. The van der Waals surface area contributed by atoms with E-state index in [4.69, 9.17) is 0 Å². The first kappa shape index (κ1) is 11.7. The molecule has 2 atom stereocenters. The number of piperidine rings is 1. The fourth-order valence-corrected chi connectivity index (χ4v) is 3.21. The average molecular weight is 243 g/mol. The molecule has 3 heteroatoms. The molecule has 18 heavy (non-hydrogen) atoms. The molecule has 1 aromatic carbocycles. The van der Waals surface area contributed by atoms with Gasteiger partial charge in [-0.1, -0.05) is 26.0 Å². The monoisotopic (exact) mass is 243 g/mol. The molecule has 2 heterocycles. The number of aromatic nitrogens is 2. The highest BCUT2D eigenvalue weighted by atomic mass is 15.2. The third-order valence-corrected chi connectivity index (χ3v) is 3.76. The summed E-state index contributed by atoms with van der Waals surface area (Å²) in [4.78, 5) is 10.6. The van der Waals surface area contributed by atoms with Crippen molar-refractivity contribution in [1.29, 1.82) is 0 Å². The number of H-pyrrole nitrogens is 1. The molecular formula is C15H21N3. The van der Waals surface area contributed by atoms with Gasteiger partial charge in [-0.25, -0.2) is 4.98 Å². The van der Waals surface area contributed by atoms with Crippen LogP contribution in [0.5, 0.6) is 0 Å². The second-order valence-electron chi connectivity index (χ2n) is 5.84. The summed E-state index contributed by atoms with van der Waals surface area (Å²) < 4.78 is 0.